The molecule has 1 heterocycles. The van der Waals surface area contributed by atoms with Crippen LogP contribution in [0.1, 0.15) is 21.6 Å². The van der Waals surface area contributed by atoms with E-state index in [9.17, 15) is 18.0 Å². The fourth-order valence-electron chi connectivity index (χ4n) is 1.54. The van der Waals surface area contributed by atoms with E-state index in [1.165, 1.54) is 6.20 Å². The Labute approximate surface area is 122 Å². The first kappa shape index (κ1) is 15.3. The quantitative estimate of drug-likeness (QED) is 0.876. The van der Waals surface area contributed by atoms with Gasteiger partial charge in [0, 0.05) is 16.8 Å². The van der Waals surface area contributed by atoms with Crippen molar-refractivity contribution in [3.8, 4) is 0 Å². The number of aryl methyl sites for hydroxylation is 1. The number of benzene rings is 1. The van der Waals surface area contributed by atoms with Gasteiger partial charge in [-0.25, -0.2) is 14.8 Å². The van der Waals surface area contributed by atoms with Crippen LogP contribution < -0.4 is 0 Å². The van der Waals surface area contributed by atoms with E-state index in [-0.39, 0.29) is 10.1 Å². The lowest BCUT2D eigenvalue weighted by atomic mass is 10.1. The molecule has 8 heteroatoms. The van der Waals surface area contributed by atoms with Crippen LogP contribution in [0.3, 0.4) is 0 Å². The topological polar surface area (TPSA) is 63.1 Å². The number of nitrogens with zero attached hydrogens (tertiary/aromatic N) is 2. The second-order valence-electron chi connectivity index (χ2n) is 4.10. The molecule has 1 aromatic heterocycles. The van der Waals surface area contributed by atoms with Crippen molar-refractivity contribution in [3.63, 3.8) is 0 Å². The molecule has 21 heavy (non-hydrogen) atoms. The lowest BCUT2D eigenvalue weighted by Gasteiger charge is -2.10. The van der Waals surface area contributed by atoms with Gasteiger partial charge in [0.2, 0.25) is 0 Å². The average Bonchev–Trinajstić information content (AvgIpc) is 2.37. The molecule has 0 radical (unpaired) electrons. The van der Waals surface area contributed by atoms with E-state index in [1.807, 2.05) is 0 Å². The van der Waals surface area contributed by atoms with Gasteiger partial charge in [-0.2, -0.15) is 13.2 Å². The van der Waals surface area contributed by atoms with Gasteiger partial charge in [-0.05, 0) is 43.0 Å². The Morgan fingerprint density at radius 1 is 1.29 bits per heavy atom. The van der Waals surface area contributed by atoms with Crippen LogP contribution in [0.2, 0.25) is 0 Å². The molecule has 0 bridgehead atoms. The fraction of sp³-hybridized carbons (Fsp3) is 0.154. The minimum absolute atomic E-state index is 0.154. The SMILES string of the molecule is Cc1ccnc(Sc2ccc(C(F)(F)F)cc2C(=O)O)n1. The molecule has 2 aromatic rings. The maximum Gasteiger partial charge on any atom is 0.416 e. The van der Waals surface area contributed by atoms with Crippen LogP contribution in [-0.2, 0) is 6.18 Å². The summed E-state index contributed by atoms with van der Waals surface area (Å²) in [7, 11) is 0. The Kier molecular flexibility index (Phi) is 4.17. The number of carbonyl (C=O) groups is 1. The normalized spacial score (nSPS) is 11.4. The summed E-state index contributed by atoms with van der Waals surface area (Å²) < 4.78 is 37.9. The number of rotatable bonds is 3. The molecule has 1 N–H and O–H groups in total. The summed E-state index contributed by atoms with van der Waals surface area (Å²) in [4.78, 5) is 19.3. The first-order valence-corrected chi connectivity index (χ1v) is 6.51. The molecule has 2 rings (SSSR count). The highest BCUT2D eigenvalue weighted by molar-refractivity contribution is 7.99. The molecule has 4 nitrogen and oxygen atoms in total. The molecule has 0 fully saturated rings. The highest BCUT2D eigenvalue weighted by Gasteiger charge is 2.32. The van der Waals surface area contributed by atoms with Crippen molar-refractivity contribution in [1.29, 1.82) is 0 Å². The molecule has 110 valence electrons. The van der Waals surface area contributed by atoms with Gasteiger partial charge in [-0.1, -0.05) is 0 Å². The molecule has 0 saturated heterocycles. The lowest BCUT2D eigenvalue weighted by molar-refractivity contribution is -0.137. The largest absolute Gasteiger partial charge is 0.478 e. The van der Waals surface area contributed by atoms with E-state index in [0.717, 1.165) is 23.9 Å². The number of carboxylic acids is 1. The Balaban J connectivity index is 2.42. The van der Waals surface area contributed by atoms with Crippen LogP contribution in [0, 0.1) is 6.92 Å². The van der Waals surface area contributed by atoms with Gasteiger partial charge >= 0.3 is 12.1 Å². The predicted molar refractivity (Wildman–Crippen MR) is 69.3 cm³/mol. The van der Waals surface area contributed by atoms with Crippen LogP contribution in [-0.4, -0.2) is 21.0 Å². The van der Waals surface area contributed by atoms with Gasteiger partial charge in [-0.15, -0.1) is 0 Å². The zero-order chi connectivity index (χ0) is 15.6. The van der Waals surface area contributed by atoms with Crippen LogP contribution in [0.5, 0.6) is 0 Å². The summed E-state index contributed by atoms with van der Waals surface area (Å²) in [5.41, 5.74) is -0.759. The second kappa shape index (κ2) is 5.72. The van der Waals surface area contributed by atoms with Crippen molar-refractivity contribution in [1.82, 2.24) is 9.97 Å². The third kappa shape index (κ3) is 3.72. The molecule has 0 unspecified atom stereocenters. The Morgan fingerprint density at radius 3 is 2.57 bits per heavy atom. The van der Waals surface area contributed by atoms with Crippen molar-refractivity contribution in [2.24, 2.45) is 0 Å². The Hall–Kier alpha value is -2.09. The molecule has 1 aromatic carbocycles. The standard InChI is InChI=1S/C13H9F3N2O2S/c1-7-4-5-17-12(18-7)21-10-3-2-8(13(14,15)16)6-9(10)11(19)20/h2-6H,1H3,(H,19,20). The van der Waals surface area contributed by atoms with Gasteiger partial charge in [0.1, 0.15) is 0 Å². The van der Waals surface area contributed by atoms with E-state index in [1.54, 1.807) is 13.0 Å². The maximum absolute atomic E-state index is 12.6. The molecule has 0 aliphatic carbocycles. The molecule has 0 aliphatic heterocycles. The zero-order valence-corrected chi connectivity index (χ0v) is 11.5. The average molecular weight is 314 g/mol. The highest BCUT2D eigenvalue weighted by Crippen LogP contribution is 2.34. The van der Waals surface area contributed by atoms with Gasteiger partial charge in [0.25, 0.3) is 0 Å². The Bertz CT molecular complexity index is 689. The number of aromatic carboxylic acids is 1. The number of aromatic nitrogens is 2. The number of carboxylic acid groups (broad SMARTS) is 1. The van der Waals surface area contributed by atoms with Crippen LogP contribution in [0.25, 0.3) is 0 Å². The molecule has 0 spiro atoms. The minimum atomic E-state index is -4.59. The second-order valence-corrected chi connectivity index (χ2v) is 5.11. The van der Waals surface area contributed by atoms with Crippen LogP contribution in [0.4, 0.5) is 13.2 Å². The van der Waals surface area contributed by atoms with Gasteiger partial charge in [0.15, 0.2) is 5.16 Å². The number of alkyl halides is 3. The summed E-state index contributed by atoms with van der Waals surface area (Å²) in [5, 5.41) is 9.34. The van der Waals surface area contributed by atoms with Crippen molar-refractivity contribution in [3.05, 3.63) is 47.3 Å². The maximum atomic E-state index is 12.6. The summed E-state index contributed by atoms with van der Waals surface area (Å²) in [5.74, 6) is -1.43. The number of hydrogen-bond donors (Lipinski definition) is 1. The van der Waals surface area contributed by atoms with Crippen molar-refractivity contribution in [2.75, 3.05) is 0 Å². The number of hydrogen-bond acceptors (Lipinski definition) is 4. The van der Waals surface area contributed by atoms with E-state index >= 15 is 0 Å². The van der Waals surface area contributed by atoms with Gasteiger partial charge in [-0.3, -0.25) is 0 Å². The summed E-state index contributed by atoms with van der Waals surface area (Å²) >= 11 is 0.906. The smallest absolute Gasteiger partial charge is 0.416 e. The third-order valence-corrected chi connectivity index (χ3v) is 3.47. The van der Waals surface area contributed by atoms with Crippen molar-refractivity contribution in [2.45, 2.75) is 23.2 Å². The third-order valence-electron chi connectivity index (χ3n) is 2.51. The van der Waals surface area contributed by atoms with Crippen molar-refractivity contribution >= 4 is 17.7 Å². The highest BCUT2D eigenvalue weighted by atomic mass is 32.2. The van der Waals surface area contributed by atoms with Crippen LogP contribution >= 0.6 is 11.8 Å². The summed E-state index contributed by atoms with van der Waals surface area (Å²) in [6.45, 7) is 1.73. The first-order chi connectivity index (χ1) is 9.77. The molecule has 0 atom stereocenters. The molecule has 0 amide bonds. The summed E-state index contributed by atoms with van der Waals surface area (Å²) in [6, 6.07) is 4.22. The predicted octanol–water partition coefficient (Wildman–Crippen LogP) is 3.65. The van der Waals surface area contributed by atoms with E-state index < -0.39 is 23.3 Å². The van der Waals surface area contributed by atoms with E-state index in [2.05, 4.69) is 9.97 Å². The van der Waals surface area contributed by atoms with Gasteiger partial charge < -0.3 is 5.11 Å². The van der Waals surface area contributed by atoms with E-state index in [4.69, 9.17) is 5.11 Å². The first-order valence-electron chi connectivity index (χ1n) is 5.69. The Morgan fingerprint density at radius 2 is 2.00 bits per heavy atom. The molecular weight excluding hydrogens is 305 g/mol. The molecule has 0 aliphatic rings. The fourth-order valence-corrected chi connectivity index (χ4v) is 2.43. The minimum Gasteiger partial charge on any atom is -0.478 e. The van der Waals surface area contributed by atoms with Gasteiger partial charge in [0.05, 0.1) is 11.1 Å². The lowest BCUT2D eigenvalue weighted by Crippen LogP contribution is -2.08. The number of halogens is 3. The monoisotopic (exact) mass is 314 g/mol. The molecular formula is C13H9F3N2O2S. The summed E-state index contributed by atoms with van der Waals surface area (Å²) in [6.07, 6.45) is -3.09. The molecule has 0 saturated carbocycles. The zero-order valence-electron chi connectivity index (χ0n) is 10.7. The van der Waals surface area contributed by atoms with Crippen LogP contribution in [0.15, 0.2) is 40.5 Å². The van der Waals surface area contributed by atoms with E-state index in [0.29, 0.717) is 11.8 Å². The van der Waals surface area contributed by atoms with Crippen molar-refractivity contribution < 1.29 is 23.1 Å².